The van der Waals surface area contributed by atoms with Crippen LogP contribution >= 0.6 is 23.8 Å². The van der Waals surface area contributed by atoms with Crippen molar-refractivity contribution in [3.05, 3.63) is 64.2 Å². The number of amides is 1. The number of carboxylic acid groups (broad SMARTS) is 1. The van der Waals surface area contributed by atoms with E-state index in [4.69, 9.17) is 23.8 Å². The predicted molar refractivity (Wildman–Crippen MR) is 90.6 cm³/mol. The molecule has 0 radical (unpaired) electrons. The van der Waals surface area contributed by atoms with Gasteiger partial charge in [-0.1, -0.05) is 35.9 Å². The molecule has 0 saturated carbocycles. The fraction of sp³-hybridized carbons (Fsp3) is 0.0625. The summed E-state index contributed by atoms with van der Waals surface area (Å²) in [7, 11) is 0. The standard InChI is InChI=1S/C16H13ClN2O3S/c1-9-10(15(21)22)6-4-8-13(9)18-16(23)19-14(20)11-5-2-3-7-12(11)17/h2-8H,1H3,(H,21,22)(H2,18,19,20,23)/p-1. The first-order valence-corrected chi connectivity index (χ1v) is 7.36. The topological polar surface area (TPSA) is 81.3 Å². The largest absolute Gasteiger partial charge is 0.545 e. The molecule has 0 aliphatic rings. The third kappa shape index (κ3) is 4.06. The molecule has 0 spiro atoms. The van der Waals surface area contributed by atoms with Crippen molar-refractivity contribution in [2.24, 2.45) is 0 Å². The fourth-order valence-electron chi connectivity index (χ4n) is 1.96. The molecule has 0 bridgehead atoms. The number of nitrogens with one attached hydrogen (secondary N) is 2. The highest BCUT2D eigenvalue weighted by Gasteiger charge is 2.12. The van der Waals surface area contributed by atoms with E-state index in [2.05, 4.69) is 10.6 Å². The molecule has 0 fully saturated rings. The van der Waals surface area contributed by atoms with Gasteiger partial charge in [-0.3, -0.25) is 10.1 Å². The van der Waals surface area contributed by atoms with Gasteiger partial charge in [0, 0.05) is 11.3 Å². The smallest absolute Gasteiger partial charge is 0.258 e. The Morgan fingerprint density at radius 2 is 1.74 bits per heavy atom. The minimum atomic E-state index is -1.28. The Bertz CT molecular complexity index is 793. The summed E-state index contributed by atoms with van der Waals surface area (Å²) in [5.41, 5.74) is 1.27. The zero-order valence-corrected chi connectivity index (χ0v) is 13.6. The molecular formula is C16H12ClN2O3S-. The molecule has 0 aromatic heterocycles. The van der Waals surface area contributed by atoms with Crippen molar-refractivity contribution in [2.45, 2.75) is 6.92 Å². The monoisotopic (exact) mass is 347 g/mol. The summed E-state index contributed by atoms with van der Waals surface area (Å²) in [6.45, 7) is 1.62. The lowest BCUT2D eigenvalue weighted by Gasteiger charge is -2.15. The first-order valence-electron chi connectivity index (χ1n) is 6.58. The molecule has 7 heteroatoms. The summed E-state index contributed by atoms with van der Waals surface area (Å²) in [5.74, 6) is -1.74. The van der Waals surface area contributed by atoms with Crippen molar-refractivity contribution in [1.82, 2.24) is 5.32 Å². The molecule has 0 unspecified atom stereocenters. The van der Waals surface area contributed by atoms with Crippen molar-refractivity contribution in [3.63, 3.8) is 0 Å². The van der Waals surface area contributed by atoms with E-state index in [1.54, 1.807) is 43.3 Å². The molecule has 5 nitrogen and oxygen atoms in total. The van der Waals surface area contributed by atoms with Gasteiger partial charge >= 0.3 is 0 Å². The number of rotatable bonds is 3. The summed E-state index contributed by atoms with van der Waals surface area (Å²) in [4.78, 5) is 23.1. The van der Waals surface area contributed by atoms with E-state index in [1.807, 2.05) is 0 Å². The zero-order valence-electron chi connectivity index (χ0n) is 12.1. The van der Waals surface area contributed by atoms with Gasteiger partial charge in [-0.25, -0.2) is 0 Å². The summed E-state index contributed by atoms with van der Waals surface area (Å²) in [6, 6.07) is 11.2. The minimum Gasteiger partial charge on any atom is -0.545 e. The van der Waals surface area contributed by atoms with Gasteiger partial charge in [0.05, 0.1) is 16.6 Å². The molecule has 0 aliphatic carbocycles. The number of benzene rings is 2. The highest BCUT2D eigenvalue weighted by Crippen LogP contribution is 2.19. The van der Waals surface area contributed by atoms with Crippen LogP contribution in [0, 0.1) is 6.92 Å². The maximum absolute atomic E-state index is 12.1. The first kappa shape index (κ1) is 16.9. The number of carbonyl (C=O) groups is 2. The second kappa shape index (κ2) is 7.21. The van der Waals surface area contributed by atoms with Crippen LogP contribution in [0.3, 0.4) is 0 Å². The molecule has 23 heavy (non-hydrogen) atoms. The Labute approximate surface area is 143 Å². The van der Waals surface area contributed by atoms with E-state index in [1.165, 1.54) is 6.07 Å². The number of carbonyl (C=O) groups excluding carboxylic acids is 2. The van der Waals surface area contributed by atoms with Gasteiger partial charge in [-0.15, -0.1) is 0 Å². The van der Waals surface area contributed by atoms with Crippen LogP contribution in [0.4, 0.5) is 5.69 Å². The Kier molecular flexibility index (Phi) is 5.31. The molecule has 2 aromatic carbocycles. The number of hydrogen-bond acceptors (Lipinski definition) is 4. The summed E-state index contributed by atoms with van der Waals surface area (Å²) in [5, 5.41) is 16.6. The lowest BCUT2D eigenvalue weighted by atomic mass is 10.1. The van der Waals surface area contributed by atoms with Crippen molar-refractivity contribution in [3.8, 4) is 0 Å². The van der Waals surface area contributed by atoms with Crippen LogP contribution in [0.15, 0.2) is 42.5 Å². The highest BCUT2D eigenvalue weighted by molar-refractivity contribution is 7.80. The van der Waals surface area contributed by atoms with E-state index in [9.17, 15) is 14.7 Å². The lowest BCUT2D eigenvalue weighted by molar-refractivity contribution is -0.255. The maximum Gasteiger partial charge on any atom is 0.258 e. The fourth-order valence-corrected chi connectivity index (χ4v) is 2.39. The number of halogens is 1. The lowest BCUT2D eigenvalue weighted by Crippen LogP contribution is -2.34. The van der Waals surface area contributed by atoms with E-state index < -0.39 is 11.9 Å². The summed E-state index contributed by atoms with van der Waals surface area (Å²) >= 11 is 11.0. The van der Waals surface area contributed by atoms with Gasteiger partial charge < -0.3 is 15.2 Å². The van der Waals surface area contributed by atoms with E-state index >= 15 is 0 Å². The van der Waals surface area contributed by atoms with Crippen molar-refractivity contribution >= 4 is 46.5 Å². The van der Waals surface area contributed by atoms with Crippen LogP contribution < -0.4 is 15.7 Å². The molecule has 1 amide bonds. The van der Waals surface area contributed by atoms with E-state index in [-0.39, 0.29) is 10.7 Å². The SMILES string of the molecule is Cc1c(NC(=S)NC(=O)c2ccccc2Cl)cccc1C(=O)[O-]. The quantitative estimate of drug-likeness (QED) is 0.831. The average Bonchev–Trinajstić information content (AvgIpc) is 2.49. The van der Waals surface area contributed by atoms with E-state index in [0.717, 1.165) is 0 Å². The molecule has 0 atom stereocenters. The zero-order chi connectivity index (χ0) is 17.0. The third-order valence-electron chi connectivity index (χ3n) is 3.15. The van der Waals surface area contributed by atoms with Crippen LogP contribution in [0.25, 0.3) is 0 Å². The van der Waals surface area contributed by atoms with Crippen LogP contribution in [0.1, 0.15) is 26.3 Å². The number of hydrogen-bond donors (Lipinski definition) is 2. The first-order chi connectivity index (χ1) is 10.9. The van der Waals surface area contributed by atoms with Gasteiger partial charge in [0.15, 0.2) is 5.11 Å². The summed E-state index contributed by atoms with van der Waals surface area (Å²) < 4.78 is 0. The molecule has 0 saturated heterocycles. The van der Waals surface area contributed by atoms with Gasteiger partial charge in [0.25, 0.3) is 5.91 Å². The van der Waals surface area contributed by atoms with Crippen LogP contribution in [0.5, 0.6) is 0 Å². The summed E-state index contributed by atoms with van der Waals surface area (Å²) in [6.07, 6.45) is 0. The number of carboxylic acids is 1. The van der Waals surface area contributed by atoms with Crippen molar-refractivity contribution in [1.29, 1.82) is 0 Å². The number of anilines is 1. The molecule has 118 valence electrons. The van der Waals surface area contributed by atoms with E-state index in [0.29, 0.717) is 21.8 Å². The van der Waals surface area contributed by atoms with Crippen LogP contribution in [0.2, 0.25) is 5.02 Å². The average molecular weight is 348 g/mol. The molecule has 0 aliphatic heterocycles. The third-order valence-corrected chi connectivity index (χ3v) is 3.68. The van der Waals surface area contributed by atoms with Gasteiger partial charge in [-0.05, 0) is 42.9 Å². The van der Waals surface area contributed by atoms with Gasteiger partial charge in [0.1, 0.15) is 0 Å². The highest BCUT2D eigenvalue weighted by atomic mass is 35.5. The molecule has 2 N–H and O–H groups in total. The molecule has 0 heterocycles. The Morgan fingerprint density at radius 3 is 2.39 bits per heavy atom. The minimum absolute atomic E-state index is 0.0357. The number of aromatic carboxylic acids is 1. The van der Waals surface area contributed by atoms with Crippen molar-refractivity contribution in [2.75, 3.05) is 5.32 Å². The Hall–Kier alpha value is -2.44. The molecule has 2 aromatic rings. The van der Waals surface area contributed by atoms with Gasteiger partial charge in [0.2, 0.25) is 0 Å². The predicted octanol–water partition coefficient (Wildman–Crippen LogP) is 2.14. The Balaban J connectivity index is 2.12. The van der Waals surface area contributed by atoms with Crippen LogP contribution in [-0.2, 0) is 0 Å². The Morgan fingerprint density at radius 1 is 1.09 bits per heavy atom. The maximum atomic E-state index is 12.1. The van der Waals surface area contributed by atoms with Gasteiger partial charge in [-0.2, -0.15) is 0 Å². The van der Waals surface area contributed by atoms with Crippen LogP contribution in [-0.4, -0.2) is 17.0 Å². The number of thiocarbonyl (C=S) groups is 1. The second-order valence-electron chi connectivity index (χ2n) is 4.65. The van der Waals surface area contributed by atoms with Crippen molar-refractivity contribution < 1.29 is 14.7 Å². The molecular weight excluding hydrogens is 336 g/mol. The normalized spacial score (nSPS) is 10.0. The second-order valence-corrected chi connectivity index (χ2v) is 5.47. The molecule has 2 rings (SSSR count).